The number of rotatable bonds is 1. The molecule has 3 nitrogen and oxygen atoms in total. The van der Waals surface area contributed by atoms with Crippen molar-refractivity contribution < 1.29 is 9.47 Å². The molecule has 1 saturated heterocycles. The van der Waals surface area contributed by atoms with Gasteiger partial charge < -0.3 is 14.8 Å². The third-order valence-electron chi connectivity index (χ3n) is 3.45. The second-order valence-corrected chi connectivity index (χ2v) is 4.92. The number of fused-ring (bicyclic) bond motifs is 1. The molecule has 0 radical (unpaired) electrons. The van der Waals surface area contributed by atoms with Crippen molar-refractivity contribution in [2.45, 2.75) is 18.8 Å². The number of nitrogens with one attached hydrogen (secondary N) is 1. The molecule has 2 aliphatic heterocycles. The van der Waals surface area contributed by atoms with E-state index in [2.05, 4.69) is 11.4 Å². The van der Waals surface area contributed by atoms with Gasteiger partial charge in [-0.2, -0.15) is 0 Å². The van der Waals surface area contributed by atoms with Crippen LogP contribution in [0.2, 0.25) is 5.02 Å². The van der Waals surface area contributed by atoms with Gasteiger partial charge in [0.2, 0.25) is 0 Å². The topological polar surface area (TPSA) is 30.5 Å². The van der Waals surface area contributed by atoms with Gasteiger partial charge in [0.05, 0.1) is 5.02 Å². The van der Waals surface area contributed by atoms with E-state index in [-0.39, 0.29) is 0 Å². The Balaban J connectivity index is 1.98. The van der Waals surface area contributed by atoms with Crippen molar-refractivity contribution in [3.8, 4) is 11.5 Å². The van der Waals surface area contributed by atoms with Gasteiger partial charge >= 0.3 is 0 Å². The summed E-state index contributed by atoms with van der Waals surface area (Å²) in [7, 11) is 0. The normalized spacial score (nSPS) is 20.3. The maximum atomic E-state index is 6.14. The minimum absolute atomic E-state index is 0.559. The quantitative estimate of drug-likeness (QED) is 0.835. The van der Waals surface area contributed by atoms with Gasteiger partial charge in [-0.3, -0.25) is 0 Å². The van der Waals surface area contributed by atoms with E-state index in [9.17, 15) is 0 Å². The van der Waals surface area contributed by atoms with Crippen molar-refractivity contribution >= 4 is 11.6 Å². The van der Waals surface area contributed by atoms with Gasteiger partial charge in [-0.1, -0.05) is 17.7 Å². The lowest BCUT2D eigenvalue weighted by Gasteiger charge is -2.28. The van der Waals surface area contributed by atoms with Gasteiger partial charge in [0.25, 0.3) is 0 Å². The van der Waals surface area contributed by atoms with Crippen molar-refractivity contribution in [3.05, 3.63) is 22.7 Å². The Morgan fingerprint density at radius 3 is 2.53 bits per heavy atom. The molecule has 1 N–H and O–H groups in total. The molecule has 2 aliphatic rings. The molecule has 1 fully saturated rings. The molecular weight excluding hydrogens is 238 g/mol. The monoisotopic (exact) mass is 253 g/mol. The lowest BCUT2D eigenvalue weighted by atomic mass is 9.89. The first-order chi connectivity index (χ1) is 8.36. The minimum atomic E-state index is 0.559. The highest BCUT2D eigenvalue weighted by Crippen LogP contribution is 2.44. The second-order valence-electron chi connectivity index (χ2n) is 4.52. The number of ether oxygens (including phenoxy) is 2. The zero-order valence-corrected chi connectivity index (χ0v) is 10.4. The van der Waals surface area contributed by atoms with Crippen LogP contribution in [-0.4, -0.2) is 26.3 Å². The summed E-state index contributed by atoms with van der Waals surface area (Å²) in [5.74, 6) is 2.16. The van der Waals surface area contributed by atoms with Gasteiger partial charge in [-0.25, -0.2) is 0 Å². The predicted molar refractivity (Wildman–Crippen MR) is 67.3 cm³/mol. The Bertz CT molecular complexity index is 416. The van der Waals surface area contributed by atoms with Crippen molar-refractivity contribution in [3.63, 3.8) is 0 Å². The average Bonchev–Trinajstić information content (AvgIpc) is 2.41. The van der Waals surface area contributed by atoms with E-state index in [0.29, 0.717) is 24.2 Å². The number of hydrogen-bond acceptors (Lipinski definition) is 3. The first-order valence-electron chi connectivity index (χ1n) is 6.15. The van der Waals surface area contributed by atoms with Crippen LogP contribution in [0.1, 0.15) is 24.3 Å². The number of piperidine rings is 1. The Kier molecular flexibility index (Phi) is 3.12. The maximum Gasteiger partial charge on any atom is 0.180 e. The van der Waals surface area contributed by atoms with Crippen LogP contribution < -0.4 is 14.8 Å². The molecule has 0 saturated carbocycles. The Morgan fingerprint density at radius 1 is 1.06 bits per heavy atom. The lowest BCUT2D eigenvalue weighted by molar-refractivity contribution is 0.168. The van der Waals surface area contributed by atoms with Gasteiger partial charge in [-0.05, 0) is 37.9 Å². The Hall–Kier alpha value is -0.930. The second kappa shape index (κ2) is 4.75. The van der Waals surface area contributed by atoms with Crippen LogP contribution in [0, 0.1) is 0 Å². The van der Waals surface area contributed by atoms with Crippen LogP contribution in [0.3, 0.4) is 0 Å². The summed E-state index contributed by atoms with van der Waals surface area (Å²) in [6.07, 6.45) is 2.30. The minimum Gasteiger partial charge on any atom is -0.486 e. The predicted octanol–water partition coefficient (Wildman–Crippen LogP) is 2.58. The molecule has 0 spiro atoms. The SMILES string of the molecule is Clc1ccc(C2CCNCC2)c2c1OCCO2. The molecule has 0 unspecified atom stereocenters. The molecule has 17 heavy (non-hydrogen) atoms. The van der Waals surface area contributed by atoms with Crippen LogP contribution >= 0.6 is 11.6 Å². The van der Waals surface area contributed by atoms with E-state index in [1.54, 1.807) is 0 Å². The van der Waals surface area contributed by atoms with Gasteiger partial charge in [0.1, 0.15) is 13.2 Å². The lowest BCUT2D eigenvalue weighted by Crippen LogP contribution is -2.27. The molecule has 0 atom stereocenters. The fourth-order valence-corrected chi connectivity index (χ4v) is 2.78. The zero-order chi connectivity index (χ0) is 11.7. The average molecular weight is 254 g/mol. The maximum absolute atomic E-state index is 6.14. The van der Waals surface area contributed by atoms with Crippen molar-refractivity contribution in [1.82, 2.24) is 5.32 Å². The Labute approximate surface area is 106 Å². The van der Waals surface area contributed by atoms with E-state index < -0.39 is 0 Å². The molecule has 0 aromatic heterocycles. The first-order valence-corrected chi connectivity index (χ1v) is 6.53. The number of hydrogen-bond donors (Lipinski definition) is 1. The summed E-state index contributed by atoms with van der Waals surface area (Å²) in [6, 6.07) is 4.01. The van der Waals surface area contributed by atoms with E-state index in [0.717, 1.165) is 37.4 Å². The summed E-state index contributed by atoms with van der Waals surface area (Å²) in [5, 5.41) is 4.03. The van der Waals surface area contributed by atoms with E-state index in [4.69, 9.17) is 21.1 Å². The molecule has 4 heteroatoms. The third kappa shape index (κ3) is 2.09. The molecule has 0 aliphatic carbocycles. The van der Waals surface area contributed by atoms with Crippen LogP contribution in [0.4, 0.5) is 0 Å². The zero-order valence-electron chi connectivity index (χ0n) is 9.67. The van der Waals surface area contributed by atoms with Crippen molar-refractivity contribution in [2.75, 3.05) is 26.3 Å². The smallest absolute Gasteiger partial charge is 0.180 e. The highest BCUT2D eigenvalue weighted by Gasteiger charge is 2.25. The molecule has 0 amide bonds. The molecule has 0 bridgehead atoms. The highest BCUT2D eigenvalue weighted by molar-refractivity contribution is 6.32. The van der Waals surface area contributed by atoms with Crippen LogP contribution in [0.15, 0.2) is 12.1 Å². The van der Waals surface area contributed by atoms with E-state index >= 15 is 0 Å². The Morgan fingerprint density at radius 2 is 1.76 bits per heavy atom. The molecule has 2 heterocycles. The van der Waals surface area contributed by atoms with Crippen LogP contribution in [-0.2, 0) is 0 Å². The van der Waals surface area contributed by atoms with Crippen LogP contribution in [0.25, 0.3) is 0 Å². The van der Waals surface area contributed by atoms with Crippen LogP contribution in [0.5, 0.6) is 11.5 Å². The molecular formula is C13H16ClNO2. The fourth-order valence-electron chi connectivity index (χ4n) is 2.58. The summed E-state index contributed by atoms with van der Waals surface area (Å²) >= 11 is 6.14. The molecule has 92 valence electrons. The van der Waals surface area contributed by atoms with Crippen molar-refractivity contribution in [1.29, 1.82) is 0 Å². The summed E-state index contributed by atoms with van der Waals surface area (Å²) in [4.78, 5) is 0. The molecule has 1 aromatic rings. The fraction of sp³-hybridized carbons (Fsp3) is 0.538. The number of benzene rings is 1. The molecule has 3 rings (SSSR count). The van der Waals surface area contributed by atoms with Gasteiger partial charge in [0, 0.05) is 5.56 Å². The number of halogens is 1. The third-order valence-corrected chi connectivity index (χ3v) is 3.75. The first kappa shape index (κ1) is 11.2. The molecule has 1 aromatic carbocycles. The highest BCUT2D eigenvalue weighted by atomic mass is 35.5. The summed E-state index contributed by atoms with van der Waals surface area (Å²) < 4.78 is 11.4. The van der Waals surface area contributed by atoms with E-state index in [1.165, 1.54) is 5.56 Å². The van der Waals surface area contributed by atoms with Crippen molar-refractivity contribution in [2.24, 2.45) is 0 Å². The largest absolute Gasteiger partial charge is 0.486 e. The van der Waals surface area contributed by atoms with E-state index in [1.807, 2.05) is 6.07 Å². The summed E-state index contributed by atoms with van der Waals surface area (Å²) in [5.41, 5.74) is 1.26. The van der Waals surface area contributed by atoms with Gasteiger partial charge in [-0.15, -0.1) is 0 Å². The standard InChI is InChI=1S/C13H16ClNO2/c14-11-2-1-10(9-3-5-15-6-4-9)12-13(11)17-8-7-16-12/h1-2,9,15H,3-8H2. The van der Waals surface area contributed by atoms with Gasteiger partial charge in [0.15, 0.2) is 11.5 Å². The summed E-state index contributed by atoms with van der Waals surface area (Å²) in [6.45, 7) is 3.35.